The van der Waals surface area contributed by atoms with Crippen LogP contribution >= 0.6 is 0 Å². The Labute approximate surface area is 131 Å². The van der Waals surface area contributed by atoms with E-state index in [-0.39, 0.29) is 23.9 Å². The Hall–Kier alpha value is -2.84. The normalized spacial score (nSPS) is 10.3. The number of hydrogen-bond acceptors (Lipinski definition) is 6. The van der Waals surface area contributed by atoms with Crippen molar-refractivity contribution in [2.75, 3.05) is 26.1 Å². The van der Waals surface area contributed by atoms with Gasteiger partial charge in [0.25, 0.3) is 5.91 Å². The fourth-order valence-electron chi connectivity index (χ4n) is 1.66. The average Bonchev–Trinajstić information content (AvgIpc) is 2.54. The van der Waals surface area contributed by atoms with Gasteiger partial charge in [-0.1, -0.05) is 0 Å². The van der Waals surface area contributed by atoms with Crippen LogP contribution in [-0.2, 0) is 6.54 Å². The topological polar surface area (TPSA) is 80.2 Å². The molecule has 0 bridgehead atoms. The molecular weight excluding hydrogens is 308 g/mol. The van der Waals surface area contributed by atoms with E-state index in [0.29, 0.717) is 5.95 Å². The average molecular weight is 323 g/mol. The van der Waals surface area contributed by atoms with Gasteiger partial charge in [-0.05, 0) is 18.2 Å². The molecule has 0 saturated carbocycles. The summed E-state index contributed by atoms with van der Waals surface area (Å²) in [5, 5.41) is 2.52. The number of nitrogens with zero attached hydrogens (tertiary/aromatic N) is 4. The van der Waals surface area contributed by atoms with E-state index in [4.69, 9.17) is 4.74 Å². The Morgan fingerprint density at radius 2 is 1.96 bits per heavy atom. The molecule has 0 saturated heterocycles. The van der Waals surface area contributed by atoms with Crippen LogP contribution in [0.25, 0.3) is 0 Å². The summed E-state index contributed by atoms with van der Waals surface area (Å²) in [6.07, 6.45) is 0. The Kier molecular flexibility index (Phi) is 4.99. The van der Waals surface area contributed by atoms with Crippen LogP contribution in [-0.4, -0.2) is 42.1 Å². The summed E-state index contributed by atoms with van der Waals surface area (Å²) in [7, 11) is 4.91. The minimum Gasteiger partial charge on any atom is -0.467 e. The van der Waals surface area contributed by atoms with Gasteiger partial charge in [0.15, 0.2) is 17.5 Å². The lowest BCUT2D eigenvalue weighted by Gasteiger charge is -2.12. The van der Waals surface area contributed by atoms with Gasteiger partial charge < -0.3 is 15.0 Å². The summed E-state index contributed by atoms with van der Waals surface area (Å²) < 4.78 is 31.0. The van der Waals surface area contributed by atoms with E-state index in [9.17, 15) is 13.6 Å². The number of carbonyl (C=O) groups is 1. The van der Waals surface area contributed by atoms with Gasteiger partial charge in [-0.25, -0.2) is 8.78 Å². The first kappa shape index (κ1) is 16.5. The van der Waals surface area contributed by atoms with Crippen molar-refractivity contribution in [3.63, 3.8) is 0 Å². The van der Waals surface area contributed by atoms with Gasteiger partial charge in [-0.2, -0.15) is 15.0 Å². The molecule has 1 heterocycles. The Morgan fingerprint density at radius 3 is 2.57 bits per heavy atom. The van der Waals surface area contributed by atoms with E-state index in [1.54, 1.807) is 19.0 Å². The van der Waals surface area contributed by atoms with E-state index >= 15 is 0 Å². The second kappa shape index (κ2) is 6.95. The summed E-state index contributed by atoms with van der Waals surface area (Å²) in [6, 6.07) is 3.01. The number of benzene rings is 1. The van der Waals surface area contributed by atoms with Crippen LogP contribution in [0, 0.1) is 11.6 Å². The van der Waals surface area contributed by atoms with Crippen molar-refractivity contribution < 1.29 is 18.3 Å². The number of amides is 1. The molecular formula is C14H15F2N5O2. The van der Waals surface area contributed by atoms with Crippen molar-refractivity contribution in [3.05, 3.63) is 41.2 Å². The SMILES string of the molecule is COc1nc(CNC(=O)c2ccc(F)c(F)c2)nc(N(C)C)n1. The van der Waals surface area contributed by atoms with Crippen LogP contribution in [0.5, 0.6) is 6.01 Å². The number of anilines is 1. The van der Waals surface area contributed by atoms with Crippen LogP contribution in [0.1, 0.15) is 16.2 Å². The first-order chi connectivity index (χ1) is 10.9. The van der Waals surface area contributed by atoms with Gasteiger partial charge in [0, 0.05) is 19.7 Å². The first-order valence-corrected chi connectivity index (χ1v) is 6.60. The third kappa shape index (κ3) is 4.09. The number of methoxy groups -OCH3 is 1. The highest BCUT2D eigenvalue weighted by atomic mass is 19.2. The van der Waals surface area contributed by atoms with Gasteiger partial charge in [0.2, 0.25) is 5.95 Å². The lowest BCUT2D eigenvalue weighted by molar-refractivity contribution is 0.0949. The predicted octanol–water partition coefficient (Wildman–Crippen LogP) is 1.15. The van der Waals surface area contributed by atoms with E-state index in [1.807, 2.05) is 0 Å². The van der Waals surface area contributed by atoms with Crippen LogP contribution in [0.4, 0.5) is 14.7 Å². The number of ether oxygens (including phenoxy) is 1. The molecule has 7 nitrogen and oxygen atoms in total. The van der Waals surface area contributed by atoms with Crippen molar-refractivity contribution in [3.8, 4) is 6.01 Å². The van der Waals surface area contributed by atoms with Crippen molar-refractivity contribution in [2.45, 2.75) is 6.54 Å². The molecule has 1 aromatic heterocycles. The maximum absolute atomic E-state index is 13.1. The van der Waals surface area contributed by atoms with Gasteiger partial charge in [-0.15, -0.1) is 0 Å². The smallest absolute Gasteiger partial charge is 0.321 e. The second-order valence-corrected chi connectivity index (χ2v) is 4.74. The largest absolute Gasteiger partial charge is 0.467 e. The summed E-state index contributed by atoms with van der Waals surface area (Å²) in [5.74, 6) is -2.03. The van der Waals surface area contributed by atoms with E-state index in [1.165, 1.54) is 13.2 Å². The second-order valence-electron chi connectivity index (χ2n) is 4.74. The van der Waals surface area contributed by atoms with E-state index < -0.39 is 17.5 Å². The highest BCUT2D eigenvalue weighted by molar-refractivity contribution is 5.94. The Bertz CT molecular complexity index is 724. The van der Waals surface area contributed by atoms with Crippen LogP contribution in [0.2, 0.25) is 0 Å². The molecule has 0 fully saturated rings. The monoisotopic (exact) mass is 323 g/mol. The number of hydrogen-bond donors (Lipinski definition) is 1. The Morgan fingerprint density at radius 1 is 1.22 bits per heavy atom. The standard InChI is InChI=1S/C14H15F2N5O2/c1-21(2)13-18-11(19-14(20-13)23-3)7-17-12(22)8-4-5-9(15)10(16)6-8/h4-6H,7H2,1-3H3,(H,17,22). The molecule has 0 aliphatic heterocycles. The number of carbonyl (C=O) groups excluding carboxylic acids is 1. The summed E-state index contributed by atoms with van der Waals surface area (Å²) in [5.41, 5.74) is -0.00208. The molecule has 0 unspecified atom stereocenters. The van der Waals surface area contributed by atoms with Crippen molar-refractivity contribution in [2.24, 2.45) is 0 Å². The molecule has 9 heteroatoms. The first-order valence-electron chi connectivity index (χ1n) is 6.60. The molecule has 23 heavy (non-hydrogen) atoms. The molecule has 1 N–H and O–H groups in total. The molecule has 0 aliphatic rings. The zero-order valence-corrected chi connectivity index (χ0v) is 12.8. The maximum atomic E-state index is 13.1. The van der Waals surface area contributed by atoms with Crippen molar-refractivity contribution in [1.29, 1.82) is 0 Å². The molecule has 0 radical (unpaired) electrons. The lowest BCUT2D eigenvalue weighted by atomic mass is 10.2. The summed E-state index contributed by atoms with van der Waals surface area (Å²) >= 11 is 0. The third-order valence-electron chi connectivity index (χ3n) is 2.82. The molecule has 1 aromatic carbocycles. The fraction of sp³-hybridized carbons (Fsp3) is 0.286. The highest BCUT2D eigenvalue weighted by Gasteiger charge is 2.12. The lowest BCUT2D eigenvalue weighted by Crippen LogP contribution is -2.25. The molecule has 2 rings (SSSR count). The van der Waals surface area contributed by atoms with Gasteiger partial charge in [0.1, 0.15) is 0 Å². The quantitative estimate of drug-likeness (QED) is 0.889. The van der Waals surface area contributed by atoms with Gasteiger partial charge in [0.05, 0.1) is 13.7 Å². The molecule has 2 aromatic rings. The summed E-state index contributed by atoms with van der Waals surface area (Å²) in [6.45, 7) is -0.0163. The predicted molar refractivity (Wildman–Crippen MR) is 78.2 cm³/mol. The third-order valence-corrected chi connectivity index (χ3v) is 2.82. The zero-order valence-electron chi connectivity index (χ0n) is 12.8. The van der Waals surface area contributed by atoms with Crippen molar-refractivity contribution >= 4 is 11.9 Å². The van der Waals surface area contributed by atoms with Crippen LogP contribution in [0.15, 0.2) is 18.2 Å². The van der Waals surface area contributed by atoms with Crippen molar-refractivity contribution in [1.82, 2.24) is 20.3 Å². The number of aromatic nitrogens is 3. The van der Waals surface area contributed by atoms with E-state index in [0.717, 1.165) is 12.1 Å². The summed E-state index contributed by atoms with van der Waals surface area (Å²) in [4.78, 5) is 25.8. The zero-order chi connectivity index (χ0) is 17.0. The number of halogens is 2. The highest BCUT2D eigenvalue weighted by Crippen LogP contribution is 2.11. The Balaban J connectivity index is 2.12. The number of rotatable bonds is 5. The fourth-order valence-corrected chi connectivity index (χ4v) is 1.66. The van der Waals surface area contributed by atoms with Crippen LogP contribution < -0.4 is 15.0 Å². The van der Waals surface area contributed by atoms with Gasteiger partial charge >= 0.3 is 6.01 Å². The van der Waals surface area contributed by atoms with Crippen LogP contribution in [0.3, 0.4) is 0 Å². The van der Waals surface area contributed by atoms with Gasteiger partial charge in [-0.3, -0.25) is 4.79 Å². The molecule has 0 spiro atoms. The molecule has 122 valence electrons. The number of nitrogens with one attached hydrogen (secondary N) is 1. The maximum Gasteiger partial charge on any atom is 0.321 e. The molecule has 0 atom stereocenters. The van der Waals surface area contributed by atoms with E-state index in [2.05, 4.69) is 20.3 Å². The molecule has 0 aliphatic carbocycles. The minimum atomic E-state index is -1.09. The molecule has 1 amide bonds. The minimum absolute atomic E-state index is 0.00208.